The Bertz CT molecular complexity index is 763. The van der Waals surface area contributed by atoms with Gasteiger partial charge in [0, 0.05) is 12.2 Å². The average molecular weight is 354 g/mol. The summed E-state index contributed by atoms with van der Waals surface area (Å²) in [7, 11) is 0. The fourth-order valence-electron chi connectivity index (χ4n) is 2.87. The minimum absolute atomic E-state index is 0.0254. The lowest BCUT2D eigenvalue weighted by Crippen LogP contribution is -2.41. The fourth-order valence-corrected chi connectivity index (χ4v) is 2.87. The highest BCUT2D eigenvalue weighted by molar-refractivity contribution is 5.91. The molecule has 140 valence electrons. The molecule has 0 aliphatic heterocycles. The van der Waals surface area contributed by atoms with E-state index < -0.39 is 0 Å². The van der Waals surface area contributed by atoms with Gasteiger partial charge in [0.25, 0.3) is 0 Å². The van der Waals surface area contributed by atoms with Crippen LogP contribution in [0.15, 0.2) is 42.5 Å². The summed E-state index contributed by atoms with van der Waals surface area (Å²) in [4.78, 5) is 14.3. The van der Waals surface area contributed by atoms with E-state index in [0.717, 1.165) is 22.6 Å². The van der Waals surface area contributed by atoms with E-state index in [9.17, 15) is 4.79 Å². The lowest BCUT2D eigenvalue weighted by molar-refractivity contribution is 0.228. The highest BCUT2D eigenvalue weighted by Gasteiger charge is 2.20. The molecule has 0 saturated carbocycles. The second-order valence-electron chi connectivity index (χ2n) is 7.60. The van der Waals surface area contributed by atoms with Gasteiger partial charge in [-0.2, -0.15) is 0 Å². The average Bonchev–Trinajstić information content (AvgIpc) is 2.56. The first kappa shape index (κ1) is 19.8. The smallest absolute Gasteiger partial charge is 0.324 e. The molecule has 0 saturated heterocycles. The molecule has 0 atom stereocenters. The van der Waals surface area contributed by atoms with Crippen LogP contribution in [-0.4, -0.2) is 19.3 Å². The van der Waals surface area contributed by atoms with Gasteiger partial charge >= 0.3 is 6.03 Å². The molecular weight excluding hydrogens is 324 g/mol. The SMILES string of the molecule is CCN(C(=O)NCOc1ccc(C)cc1C(C)(C)C)c1cccc(C)c1. The van der Waals surface area contributed by atoms with Gasteiger partial charge in [0.05, 0.1) is 0 Å². The van der Waals surface area contributed by atoms with Crippen molar-refractivity contribution >= 4 is 11.7 Å². The number of rotatable bonds is 5. The molecule has 4 nitrogen and oxygen atoms in total. The fraction of sp³-hybridized carbons (Fsp3) is 0.409. The molecule has 1 N–H and O–H groups in total. The van der Waals surface area contributed by atoms with Crippen molar-refractivity contribution in [2.75, 3.05) is 18.2 Å². The first-order chi connectivity index (χ1) is 12.2. The normalized spacial score (nSPS) is 11.2. The molecule has 0 aromatic heterocycles. The lowest BCUT2D eigenvalue weighted by atomic mass is 9.85. The number of carbonyl (C=O) groups is 1. The number of aryl methyl sites for hydroxylation is 2. The number of hydrogen-bond acceptors (Lipinski definition) is 2. The Kier molecular flexibility index (Phi) is 6.30. The Morgan fingerprint density at radius 3 is 2.38 bits per heavy atom. The van der Waals surface area contributed by atoms with Crippen LogP contribution >= 0.6 is 0 Å². The van der Waals surface area contributed by atoms with E-state index in [2.05, 4.69) is 39.1 Å². The molecule has 2 aromatic carbocycles. The Morgan fingerprint density at radius 1 is 1.08 bits per heavy atom. The van der Waals surface area contributed by atoms with Crippen molar-refractivity contribution in [3.8, 4) is 5.75 Å². The van der Waals surface area contributed by atoms with E-state index >= 15 is 0 Å². The van der Waals surface area contributed by atoms with E-state index in [4.69, 9.17) is 4.74 Å². The third-order valence-electron chi connectivity index (χ3n) is 4.27. The van der Waals surface area contributed by atoms with Gasteiger partial charge < -0.3 is 10.1 Å². The van der Waals surface area contributed by atoms with Crippen LogP contribution in [0.3, 0.4) is 0 Å². The summed E-state index contributed by atoms with van der Waals surface area (Å²) in [6.07, 6.45) is 0. The Balaban J connectivity index is 2.04. The molecule has 0 unspecified atom stereocenters. The second kappa shape index (κ2) is 8.26. The van der Waals surface area contributed by atoms with Gasteiger partial charge in [-0.1, -0.05) is 50.6 Å². The molecule has 0 fully saturated rings. The van der Waals surface area contributed by atoms with Crippen LogP contribution in [0.2, 0.25) is 0 Å². The van der Waals surface area contributed by atoms with Crippen LogP contribution in [-0.2, 0) is 5.41 Å². The quantitative estimate of drug-likeness (QED) is 0.752. The maximum absolute atomic E-state index is 12.5. The van der Waals surface area contributed by atoms with Crippen molar-refractivity contribution in [3.63, 3.8) is 0 Å². The summed E-state index contributed by atoms with van der Waals surface area (Å²) >= 11 is 0. The van der Waals surface area contributed by atoms with Crippen LogP contribution in [0.5, 0.6) is 5.75 Å². The first-order valence-electron chi connectivity index (χ1n) is 9.08. The van der Waals surface area contributed by atoms with E-state index in [1.165, 1.54) is 5.56 Å². The molecule has 26 heavy (non-hydrogen) atoms. The third-order valence-corrected chi connectivity index (χ3v) is 4.27. The maximum atomic E-state index is 12.5. The van der Waals surface area contributed by atoms with Gasteiger partial charge in [-0.05, 0) is 55.5 Å². The molecule has 0 heterocycles. The number of nitrogens with zero attached hydrogens (tertiary/aromatic N) is 1. The number of amides is 2. The highest BCUT2D eigenvalue weighted by Crippen LogP contribution is 2.32. The molecular formula is C22H30N2O2. The molecule has 2 amide bonds. The largest absolute Gasteiger partial charge is 0.473 e. The second-order valence-corrected chi connectivity index (χ2v) is 7.60. The van der Waals surface area contributed by atoms with Gasteiger partial charge in [-0.25, -0.2) is 4.79 Å². The van der Waals surface area contributed by atoms with Crippen LogP contribution in [0.25, 0.3) is 0 Å². The van der Waals surface area contributed by atoms with E-state index in [0.29, 0.717) is 6.54 Å². The standard InChI is InChI=1S/C22H30N2O2/c1-7-24(18-10-8-9-16(2)13-18)21(25)23-15-26-20-12-11-17(3)14-19(20)22(4,5)6/h8-14H,7,15H2,1-6H3,(H,23,25). The molecule has 0 radical (unpaired) electrons. The van der Waals surface area contributed by atoms with Gasteiger partial charge in [-0.3, -0.25) is 4.90 Å². The number of urea groups is 1. The van der Waals surface area contributed by atoms with E-state index in [-0.39, 0.29) is 18.2 Å². The minimum Gasteiger partial charge on any atom is -0.473 e. The minimum atomic E-state index is -0.164. The Labute approximate surface area is 157 Å². The first-order valence-corrected chi connectivity index (χ1v) is 9.08. The summed E-state index contributed by atoms with van der Waals surface area (Å²) in [6.45, 7) is 13.2. The monoisotopic (exact) mass is 354 g/mol. The lowest BCUT2D eigenvalue weighted by Gasteiger charge is -2.25. The van der Waals surface area contributed by atoms with Crippen LogP contribution in [0.1, 0.15) is 44.4 Å². The zero-order chi connectivity index (χ0) is 19.3. The van der Waals surface area contributed by atoms with Crippen molar-refractivity contribution in [3.05, 3.63) is 59.2 Å². The maximum Gasteiger partial charge on any atom is 0.324 e. The molecule has 0 aliphatic carbocycles. The van der Waals surface area contributed by atoms with Gasteiger partial charge in [0.2, 0.25) is 0 Å². The van der Waals surface area contributed by atoms with E-state index in [1.54, 1.807) is 4.90 Å². The van der Waals surface area contributed by atoms with Crippen LogP contribution in [0, 0.1) is 13.8 Å². The van der Waals surface area contributed by atoms with Crippen molar-refractivity contribution in [1.29, 1.82) is 0 Å². The zero-order valence-corrected chi connectivity index (χ0v) is 16.7. The number of ether oxygens (including phenoxy) is 1. The summed E-state index contributed by atoms with van der Waals surface area (Å²) in [5.74, 6) is 0.807. The zero-order valence-electron chi connectivity index (χ0n) is 16.7. The number of hydrogen-bond donors (Lipinski definition) is 1. The molecule has 0 bridgehead atoms. The number of carbonyl (C=O) groups excluding carboxylic acids is 1. The van der Waals surface area contributed by atoms with Gasteiger partial charge in [-0.15, -0.1) is 0 Å². The summed E-state index contributed by atoms with van der Waals surface area (Å²) in [5.41, 5.74) is 4.32. The summed E-state index contributed by atoms with van der Waals surface area (Å²) in [5, 5.41) is 2.86. The number of nitrogens with one attached hydrogen (secondary N) is 1. The number of anilines is 1. The highest BCUT2D eigenvalue weighted by atomic mass is 16.5. The van der Waals surface area contributed by atoms with Gasteiger partial charge in [0.1, 0.15) is 5.75 Å². The van der Waals surface area contributed by atoms with Crippen molar-refractivity contribution in [2.24, 2.45) is 0 Å². The molecule has 2 rings (SSSR count). The van der Waals surface area contributed by atoms with Crippen molar-refractivity contribution in [2.45, 2.75) is 47.0 Å². The predicted octanol–water partition coefficient (Wildman–Crippen LogP) is 5.17. The number of benzene rings is 2. The van der Waals surface area contributed by atoms with Crippen LogP contribution < -0.4 is 15.0 Å². The van der Waals surface area contributed by atoms with E-state index in [1.807, 2.05) is 50.2 Å². The van der Waals surface area contributed by atoms with Crippen LogP contribution in [0.4, 0.5) is 10.5 Å². The molecule has 0 aliphatic rings. The van der Waals surface area contributed by atoms with Crippen molar-refractivity contribution in [1.82, 2.24) is 5.32 Å². The summed E-state index contributed by atoms with van der Waals surface area (Å²) < 4.78 is 5.88. The molecule has 2 aromatic rings. The topological polar surface area (TPSA) is 41.6 Å². The Morgan fingerprint density at radius 2 is 1.77 bits per heavy atom. The van der Waals surface area contributed by atoms with Gasteiger partial charge in [0.15, 0.2) is 6.73 Å². The molecule has 4 heteroatoms. The summed E-state index contributed by atoms with van der Waals surface area (Å²) in [6, 6.07) is 13.9. The predicted molar refractivity (Wildman–Crippen MR) is 108 cm³/mol. The third kappa shape index (κ3) is 5.01. The Hall–Kier alpha value is -2.49. The van der Waals surface area contributed by atoms with Crippen molar-refractivity contribution < 1.29 is 9.53 Å². The molecule has 0 spiro atoms.